The Kier molecular flexibility index (Phi) is 4.24. The molecule has 1 aliphatic rings. The summed E-state index contributed by atoms with van der Waals surface area (Å²) < 4.78 is 2.28. The van der Waals surface area contributed by atoms with Crippen LogP contribution in [0.4, 0.5) is 0 Å². The number of imidazole rings is 1. The maximum atomic E-state index is 11.2. The monoisotopic (exact) mass is 298 g/mol. The van der Waals surface area contributed by atoms with E-state index in [0.29, 0.717) is 11.5 Å². The second-order valence-electron chi connectivity index (χ2n) is 5.97. The number of nitrogens with two attached hydrogens (primary N) is 1. The topological polar surface area (TPSA) is 72.9 Å². The number of nitrogens with zero attached hydrogens (tertiary/aromatic N) is 2. The standard InChI is InChI=1S/C17H22N4O/c1-12-11-21-7-3-6-15(17(21)20-12)10-19-9-13-4-2-5-14(8-13)16(18)22/h2,4-5,8,11,15,19H,3,6-7,9-10H2,1H3,(H2,18,22)/t15-/m0/s1. The van der Waals surface area contributed by atoms with Crippen molar-refractivity contribution >= 4 is 5.91 Å². The molecule has 0 fully saturated rings. The van der Waals surface area contributed by atoms with E-state index in [1.54, 1.807) is 6.07 Å². The van der Waals surface area contributed by atoms with Gasteiger partial charge in [0.15, 0.2) is 0 Å². The third-order valence-electron chi connectivity index (χ3n) is 4.18. The lowest BCUT2D eigenvalue weighted by molar-refractivity contribution is 0.1000. The molecule has 1 amide bonds. The van der Waals surface area contributed by atoms with Crippen LogP contribution in [0, 0.1) is 6.92 Å². The number of carbonyl (C=O) groups excluding carboxylic acids is 1. The normalized spacial score (nSPS) is 17.2. The van der Waals surface area contributed by atoms with Crippen molar-refractivity contribution in [3.63, 3.8) is 0 Å². The summed E-state index contributed by atoms with van der Waals surface area (Å²) in [5.74, 6) is 1.27. The van der Waals surface area contributed by atoms with E-state index in [9.17, 15) is 4.79 Å². The van der Waals surface area contributed by atoms with E-state index in [1.807, 2.05) is 25.1 Å². The lowest BCUT2D eigenvalue weighted by Gasteiger charge is -2.23. The SMILES string of the molecule is Cc1cn2c(n1)[C@H](CNCc1cccc(C(N)=O)c1)CCC2. The van der Waals surface area contributed by atoms with E-state index in [0.717, 1.165) is 30.9 Å². The summed E-state index contributed by atoms with van der Waals surface area (Å²) >= 11 is 0. The maximum Gasteiger partial charge on any atom is 0.248 e. The fourth-order valence-electron chi connectivity index (χ4n) is 3.13. The first-order chi connectivity index (χ1) is 10.6. The first-order valence-electron chi connectivity index (χ1n) is 7.76. The van der Waals surface area contributed by atoms with E-state index in [1.165, 1.54) is 18.7 Å². The molecule has 0 radical (unpaired) electrons. The first-order valence-corrected chi connectivity index (χ1v) is 7.76. The Balaban J connectivity index is 1.60. The molecule has 1 atom stereocenters. The number of benzene rings is 1. The Morgan fingerprint density at radius 3 is 3.18 bits per heavy atom. The molecule has 22 heavy (non-hydrogen) atoms. The van der Waals surface area contributed by atoms with Gasteiger partial charge < -0.3 is 15.6 Å². The highest BCUT2D eigenvalue weighted by Crippen LogP contribution is 2.26. The van der Waals surface area contributed by atoms with Crippen LogP contribution in [0.3, 0.4) is 0 Å². The molecule has 0 aliphatic carbocycles. The molecule has 0 saturated heterocycles. The van der Waals surface area contributed by atoms with Gasteiger partial charge in [-0.15, -0.1) is 0 Å². The molecular formula is C17H22N4O. The van der Waals surface area contributed by atoms with E-state index < -0.39 is 0 Å². The highest BCUT2D eigenvalue weighted by molar-refractivity contribution is 5.92. The second kappa shape index (κ2) is 6.32. The van der Waals surface area contributed by atoms with Crippen LogP contribution < -0.4 is 11.1 Å². The summed E-state index contributed by atoms with van der Waals surface area (Å²) in [6.45, 7) is 4.76. The highest BCUT2D eigenvalue weighted by Gasteiger charge is 2.21. The largest absolute Gasteiger partial charge is 0.366 e. The molecule has 1 aliphatic heterocycles. The molecule has 0 spiro atoms. The van der Waals surface area contributed by atoms with Crippen LogP contribution in [0.1, 0.15) is 46.2 Å². The molecule has 1 aromatic heterocycles. The van der Waals surface area contributed by atoms with Crippen molar-refractivity contribution in [1.82, 2.24) is 14.9 Å². The van der Waals surface area contributed by atoms with Crippen LogP contribution in [0.25, 0.3) is 0 Å². The number of fused-ring (bicyclic) bond motifs is 1. The van der Waals surface area contributed by atoms with Crippen LogP contribution in [0.2, 0.25) is 0 Å². The Hall–Kier alpha value is -2.14. The zero-order valence-electron chi connectivity index (χ0n) is 12.9. The van der Waals surface area contributed by atoms with Crippen molar-refractivity contribution in [2.75, 3.05) is 6.54 Å². The van der Waals surface area contributed by atoms with Crippen LogP contribution >= 0.6 is 0 Å². The van der Waals surface area contributed by atoms with Crippen LogP contribution in [-0.4, -0.2) is 22.0 Å². The summed E-state index contributed by atoms with van der Waals surface area (Å²) in [4.78, 5) is 15.9. The quantitative estimate of drug-likeness (QED) is 0.886. The van der Waals surface area contributed by atoms with Gasteiger partial charge in [-0.2, -0.15) is 0 Å². The number of carbonyl (C=O) groups is 1. The van der Waals surface area contributed by atoms with Gasteiger partial charge in [0, 0.05) is 37.3 Å². The number of nitrogens with one attached hydrogen (secondary N) is 1. The zero-order valence-corrected chi connectivity index (χ0v) is 12.9. The van der Waals surface area contributed by atoms with Gasteiger partial charge in [0.1, 0.15) is 5.82 Å². The number of aryl methyl sites for hydroxylation is 2. The summed E-state index contributed by atoms with van der Waals surface area (Å²) in [5, 5.41) is 3.48. The molecule has 1 aromatic carbocycles. The molecular weight excluding hydrogens is 276 g/mol. The van der Waals surface area contributed by atoms with Gasteiger partial charge in [-0.1, -0.05) is 12.1 Å². The second-order valence-corrected chi connectivity index (χ2v) is 5.97. The lowest BCUT2D eigenvalue weighted by Crippen LogP contribution is -2.26. The van der Waals surface area contributed by atoms with Gasteiger partial charge in [0.25, 0.3) is 0 Å². The van der Waals surface area contributed by atoms with Crippen molar-refractivity contribution in [3.05, 3.63) is 53.1 Å². The molecule has 0 unspecified atom stereocenters. The molecule has 3 N–H and O–H groups in total. The van der Waals surface area contributed by atoms with Gasteiger partial charge in [-0.25, -0.2) is 4.98 Å². The minimum Gasteiger partial charge on any atom is -0.366 e. The minimum absolute atomic E-state index is 0.383. The maximum absolute atomic E-state index is 11.2. The summed E-state index contributed by atoms with van der Waals surface area (Å²) in [5.41, 5.74) is 8.04. The average molecular weight is 298 g/mol. The van der Waals surface area contributed by atoms with Crippen molar-refractivity contribution < 1.29 is 4.79 Å². The number of primary amides is 1. The Morgan fingerprint density at radius 1 is 1.50 bits per heavy atom. The van der Waals surface area contributed by atoms with Crippen molar-refractivity contribution in [1.29, 1.82) is 0 Å². The third-order valence-corrected chi connectivity index (χ3v) is 4.18. The molecule has 5 heteroatoms. The van der Waals surface area contributed by atoms with E-state index in [2.05, 4.69) is 21.1 Å². The fourth-order valence-corrected chi connectivity index (χ4v) is 3.13. The smallest absolute Gasteiger partial charge is 0.248 e. The molecule has 2 heterocycles. The third kappa shape index (κ3) is 3.20. The molecule has 0 bridgehead atoms. The van der Waals surface area contributed by atoms with Crippen LogP contribution in [-0.2, 0) is 13.1 Å². The van der Waals surface area contributed by atoms with Crippen molar-refractivity contribution in [2.24, 2.45) is 5.73 Å². The molecule has 116 valence electrons. The predicted octanol–water partition coefficient (Wildman–Crippen LogP) is 1.96. The predicted molar refractivity (Wildman–Crippen MR) is 85.6 cm³/mol. The summed E-state index contributed by atoms with van der Waals surface area (Å²) in [6.07, 6.45) is 4.51. The number of rotatable bonds is 5. The Morgan fingerprint density at radius 2 is 2.36 bits per heavy atom. The summed E-state index contributed by atoms with van der Waals surface area (Å²) in [7, 11) is 0. The Labute approximate surface area is 130 Å². The molecule has 3 rings (SSSR count). The van der Waals surface area contributed by atoms with Crippen molar-refractivity contribution in [2.45, 2.75) is 38.8 Å². The van der Waals surface area contributed by atoms with Gasteiger partial charge >= 0.3 is 0 Å². The van der Waals surface area contributed by atoms with Crippen LogP contribution in [0.15, 0.2) is 30.5 Å². The number of aromatic nitrogens is 2. The van der Waals surface area contributed by atoms with Crippen LogP contribution in [0.5, 0.6) is 0 Å². The lowest BCUT2D eigenvalue weighted by atomic mass is 9.99. The molecule has 0 saturated carbocycles. The molecule has 5 nitrogen and oxygen atoms in total. The number of hydrogen-bond donors (Lipinski definition) is 2. The average Bonchev–Trinajstić information content (AvgIpc) is 2.89. The zero-order chi connectivity index (χ0) is 15.5. The number of hydrogen-bond acceptors (Lipinski definition) is 3. The summed E-state index contributed by atoms with van der Waals surface area (Å²) in [6, 6.07) is 7.47. The molecule has 2 aromatic rings. The van der Waals surface area contributed by atoms with E-state index in [4.69, 9.17) is 5.73 Å². The number of amides is 1. The Bertz CT molecular complexity index is 677. The van der Waals surface area contributed by atoms with E-state index >= 15 is 0 Å². The first kappa shape index (κ1) is 14.8. The van der Waals surface area contributed by atoms with E-state index in [-0.39, 0.29) is 5.91 Å². The van der Waals surface area contributed by atoms with Gasteiger partial charge in [-0.05, 0) is 37.5 Å². The van der Waals surface area contributed by atoms with Gasteiger partial charge in [0.2, 0.25) is 5.91 Å². The van der Waals surface area contributed by atoms with Gasteiger partial charge in [0.05, 0.1) is 5.69 Å². The highest BCUT2D eigenvalue weighted by atomic mass is 16.1. The minimum atomic E-state index is -0.383. The van der Waals surface area contributed by atoms with Crippen molar-refractivity contribution in [3.8, 4) is 0 Å². The van der Waals surface area contributed by atoms with Gasteiger partial charge in [-0.3, -0.25) is 4.79 Å². The fraction of sp³-hybridized carbons (Fsp3) is 0.412.